The van der Waals surface area contributed by atoms with E-state index in [1.807, 2.05) is 6.07 Å². The number of hydrogen-bond donors (Lipinski definition) is 1. The Hall–Kier alpha value is -1.31. The van der Waals surface area contributed by atoms with E-state index in [9.17, 15) is 0 Å². The van der Waals surface area contributed by atoms with Gasteiger partial charge in [0.2, 0.25) is 0 Å². The number of aryl methyl sites for hydroxylation is 2. The zero-order valence-corrected chi connectivity index (χ0v) is 12.6. The molecule has 1 nitrogen and oxygen atoms in total. The average molecular weight is 286 g/mol. The predicted octanol–water partition coefficient (Wildman–Crippen LogP) is 4.47. The second kappa shape index (κ2) is 5.99. The third-order valence-corrected chi connectivity index (χ3v) is 4.30. The highest BCUT2D eigenvalue weighted by Gasteiger charge is 2.21. The molecule has 0 saturated heterocycles. The number of halogens is 1. The van der Waals surface area contributed by atoms with Crippen molar-refractivity contribution in [1.29, 1.82) is 0 Å². The highest BCUT2D eigenvalue weighted by molar-refractivity contribution is 6.30. The molecule has 104 valence electrons. The topological polar surface area (TPSA) is 12.0 Å². The molecule has 0 radical (unpaired) electrons. The molecule has 1 aliphatic carbocycles. The van der Waals surface area contributed by atoms with Crippen LogP contribution >= 0.6 is 11.6 Å². The zero-order chi connectivity index (χ0) is 13.9. The third-order valence-electron chi connectivity index (χ3n) is 4.07. The second-order valence-corrected chi connectivity index (χ2v) is 6.06. The Bertz CT molecular complexity index is 606. The van der Waals surface area contributed by atoms with Crippen molar-refractivity contribution in [2.24, 2.45) is 0 Å². The summed E-state index contributed by atoms with van der Waals surface area (Å²) in [6.07, 6.45) is 3.41. The van der Waals surface area contributed by atoms with Crippen LogP contribution in [-0.2, 0) is 12.8 Å². The van der Waals surface area contributed by atoms with Gasteiger partial charge >= 0.3 is 0 Å². The Kier molecular flexibility index (Phi) is 4.09. The van der Waals surface area contributed by atoms with Crippen molar-refractivity contribution in [2.45, 2.75) is 32.2 Å². The summed E-state index contributed by atoms with van der Waals surface area (Å²) in [5, 5.41) is 4.53. The van der Waals surface area contributed by atoms with Crippen molar-refractivity contribution in [3.8, 4) is 0 Å². The van der Waals surface area contributed by atoms with Gasteiger partial charge in [-0.3, -0.25) is 0 Å². The van der Waals surface area contributed by atoms with Crippen molar-refractivity contribution >= 4 is 11.6 Å². The van der Waals surface area contributed by atoms with E-state index in [2.05, 4.69) is 48.6 Å². The number of hydrogen-bond acceptors (Lipinski definition) is 1. The van der Waals surface area contributed by atoms with E-state index in [0.29, 0.717) is 6.04 Å². The number of nitrogens with one attached hydrogen (secondary N) is 1. The quantitative estimate of drug-likeness (QED) is 0.874. The van der Waals surface area contributed by atoms with Crippen molar-refractivity contribution in [2.75, 3.05) is 6.54 Å². The van der Waals surface area contributed by atoms with E-state index in [1.165, 1.54) is 28.7 Å². The van der Waals surface area contributed by atoms with E-state index in [-0.39, 0.29) is 0 Å². The monoisotopic (exact) mass is 285 g/mol. The lowest BCUT2D eigenvalue weighted by molar-refractivity contribution is 0.533. The van der Waals surface area contributed by atoms with Gasteiger partial charge in [0.25, 0.3) is 0 Å². The van der Waals surface area contributed by atoms with E-state index in [1.54, 1.807) is 0 Å². The molecule has 1 N–H and O–H groups in total. The van der Waals surface area contributed by atoms with Crippen LogP contribution in [0.4, 0.5) is 0 Å². The molecule has 0 amide bonds. The normalized spacial score (nSPS) is 17.2. The van der Waals surface area contributed by atoms with Crippen molar-refractivity contribution in [1.82, 2.24) is 5.32 Å². The third kappa shape index (κ3) is 3.05. The summed E-state index contributed by atoms with van der Waals surface area (Å²) < 4.78 is 0. The fraction of sp³-hybridized carbons (Fsp3) is 0.333. The first-order valence-corrected chi connectivity index (χ1v) is 7.67. The molecular weight excluding hydrogens is 266 g/mol. The Morgan fingerprint density at radius 2 is 2.10 bits per heavy atom. The van der Waals surface area contributed by atoms with E-state index < -0.39 is 0 Å². The van der Waals surface area contributed by atoms with Crippen LogP contribution in [0.2, 0.25) is 5.02 Å². The Labute approximate surface area is 126 Å². The lowest BCUT2D eigenvalue weighted by atomic mass is 10.1. The van der Waals surface area contributed by atoms with Crippen LogP contribution < -0.4 is 5.32 Å². The molecule has 0 aliphatic heterocycles. The molecule has 0 aromatic heterocycles. The first-order valence-electron chi connectivity index (χ1n) is 7.29. The van der Waals surface area contributed by atoms with Crippen LogP contribution in [0.1, 0.15) is 34.7 Å². The predicted molar refractivity (Wildman–Crippen MR) is 85.4 cm³/mol. The first kappa shape index (κ1) is 13.7. The minimum Gasteiger partial charge on any atom is -0.310 e. The Morgan fingerprint density at radius 3 is 2.95 bits per heavy atom. The lowest BCUT2D eigenvalue weighted by Crippen LogP contribution is -2.21. The Morgan fingerprint density at radius 1 is 1.20 bits per heavy atom. The maximum Gasteiger partial charge on any atom is 0.0408 e. The molecule has 2 heteroatoms. The number of fused-ring (bicyclic) bond motifs is 1. The van der Waals surface area contributed by atoms with E-state index in [0.717, 1.165) is 24.4 Å². The molecule has 2 aromatic rings. The largest absolute Gasteiger partial charge is 0.310 e. The lowest BCUT2D eigenvalue weighted by Gasteiger charge is -2.14. The molecule has 3 rings (SSSR count). The minimum absolute atomic E-state index is 0.493. The van der Waals surface area contributed by atoms with Gasteiger partial charge in [-0.05, 0) is 61.6 Å². The van der Waals surface area contributed by atoms with Crippen molar-refractivity contribution in [3.05, 3.63) is 69.7 Å². The van der Waals surface area contributed by atoms with Gasteiger partial charge < -0.3 is 5.32 Å². The van der Waals surface area contributed by atoms with Gasteiger partial charge in [-0.1, -0.05) is 47.5 Å². The molecule has 0 bridgehead atoms. The van der Waals surface area contributed by atoms with Crippen LogP contribution in [0, 0.1) is 6.92 Å². The van der Waals surface area contributed by atoms with Crippen LogP contribution in [0.25, 0.3) is 0 Å². The SMILES string of the molecule is Cc1cccc(CCNC2CCc3cc(Cl)ccc32)c1. The summed E-state index contributed by atoms with van der Waals surface area (Å²) in [6, 6.07) is 15.5. The van der Waals surface area contributed by atoms with Crippen LogP contribution in [-0.4, -0.2) is 6.54 Å². The molecule has 20 heavy (non-hydrogen) atoms. The van der Waals surface area contributed by atoms with E-state index >= 15 is 0 Å². The summed E-state index contributed by atoms with van der Waals surface area (Å²) in [5.41, 5.74) is 5.58. The minimum atomic E-state index is 0.493. The molecule has 1 atom stereocenters. The van der Waals surface area contributed by atoms with Gasteiger partial charge in [-0.15, -0.1) is 0 Å². The molecule has 1 aliphatic rings. The summed E-state index contributed by atoms with van der Waals surface area (Å²) in [5.74, 6) is 0. The number of benzene rings is 2. The summed E-state index contributed by atoms with van der Waals surface area (Å²) in [6.45, 7) is 3.17. The van der Waals surface area contributed by atoms with Gasteiger partial charge in [0.15, 0.2) is 0 Å². The zero-order valence-electron chi connectivity index (χ0n) is 11.8. The summed E-state index contributed by atoms with van der Waals surface area (Å²) in [4.78, 5) is 0. The van der Waals surface area contributed by atoms with Crippen LogP contribution in [0.15, 0.2) is 42.5 Å². The van der Waals surface area contributed by atoms with Crippen LogP contribution in [0.5, 0.6) is 0 Å². The van der Waals surface area contributed by atoms with Gasteiger partial charge in [-0.2, -0.15) is 0 Å². The molecule has 1 unspecified atom stereocenters. The van der Waals surface area contributed by atoms with Crippen LogP contribution in [0.3, 0.4) is 0 Å². The van der Waals surface area contributed by atoms with Crippen molar-refractivity contribution < 1.29 is 0 Å². The van der Waals surface area contributed by atoms with Gasteiger partial charge in [-0.25, -0.2) is 0 Å². The summed E-state index contributed by atoms with van der Waals surface area (Å²) >= 11 is 6.05. The van der Waals surface area contributed by atoms with Crippen molar-refractivity contribution in [3.63, 3.8) is 0 Å². The average Bonchev–Trinajstić information content (AvgIpc) is 2.81. The standard InChI is InChI=1S/C18H20ClN/c1-13-3-2-4-14(11-13)9-10-20-18-8-5-15-12-16(19)6-7-17(15)18/h2-4,6-7,11-12,18,20H,5,8-10H2,1H3. The highest BCUT2D eigenvalue weighted by atomic mass is 35.5. The second-order valence-electron chi connectivity index (χ2n) is 5.63. The number of rotatable bonds is 4. The van der Waals surface area contributed by atoms with Gasteiger partial charge in [0.05, 0.1) is 0 Å². The fourth-order valence-electron chi connectivity index (χ4n) is 3.06. The molecule has 2 aromatic carbocycles. The molecular formula is C18H20ClN. The maximum absolute atomic E-state index is 6.05. The maximum atomic E-state index is 6.05. The first-order chi connectivity index (χ1) is 9.72. The van der Waals surface area contributed by atoms with Gasteiger partial charge in [0, 0.05) is 11.1 Å². The van der Waals surface area contributed by atoms with Gasteiger partial charge in [0.1, 0.15) is 0 Å². The fourth-order valence-corrected chi connectivity index (χ4v) is 3.25. The molecule has 0 heterocycles. The highest BCUT2D eigenvalue weighted by Crippen LogP contribution is 2.32. The molecule has 0 fully saturated rings. The Balaban J connectivity index is 1.58. The summed E-state index contributed by atoms with van der Waals surface area (Å²) in [7, 11) is 0. The molecule has 0 spiro atoms. The molecule has 0 saturated carbocycles. The smallest absolute Gasteiger partial charge is 0.0408 e. The van der Waals surface area contributed by atoms with E-state index in [4.69, 9.17) is 11.6 Å².